The predicted octanol–water partition coefficient (Wildman–Crippen LogP) is 3.18. The van der Waals surface area contributed by atoms with Crippen LogP contribution < -0.4 is 15.4 Å². The van der Waals surface area contributed by atoms with E-state index in [1.54, 1.807) is 24.3 Å². The summed E-state index contributed by atoms with van der Waals surface area (Å²) >= 11 is 3.34. The number of rotatable bonds is 3. The smallest absolute Gasteiger partial charge is 0.266 e. The molecule has 6 heteroatoms. The molecular weight excluding hydrogens is 348 g/mol. The van der Waals surface area contributed by atoms with Crippen LogP contribution in [-0.4, -0.2) is 17.9 Å². The molecule has 1 atom stereocenters. The van der Waals surface area contributed by atoms with Gasteiger partial charge in [0.25, 0.3) is 5.91 Å². The zero-order valence-electron chi connectivity index (χ0n) is 11.5. The fourth-order valence-corrected chi connectivity index (χ4v) is 2.57. The second kappa shape index (κ2) is 6.19. The SMILES string of the molecule is O=C(CC1Oc2ccccc2NC1=O)Nc1cccc(Br)c1. The lowest BCUT2D eigenvalue weighted by atomic mass is 10.1. The molecule has 112 valence electrons. The molecule has 0 saturated carbocycles. The van der Waals surface area contributed by atoms with Crippen LogP contribution in [0.15, 0.2) is 53.0 Å². The van der Waals surface area contributed by atoms with Crippen LogP contribution in [0.4, 0.5) is 11.4 Å². The first-order chi connectivity index (χ1) is 10.6. The van der Waals surface area contributed by atoms with Crippen LogP contribution in [0.2, 0.25) is 0 Å². The average molecular weight is 361 g/mol. The first kappa shape index (κ1) is 14.6. The number of hydrogen-bond donors (Lipinski definition) is 2. The van der Waals surface area contributed by atoms with Gasteiger partial charge in [0.15, 0.2) is 6.10 Å². The highest BCUT2D eigenvalue weighted by Crippen LogP contribution is 2.29. The van der Waals surface area contributed by atoms with Crippen molar-refractivity contribution in [3.8, 4) is 5.75 Å². The Bertz CT molecular complexity index is 733. The topological polar surface area (TPSA) is 67.4 Å². The lowest BCUT2D eigenvalue weighted by Crippen LogP contribution is -2.39. The van der Waals surface area contributed by atoms with E-state index in [-0.39, 0.29) is 18.2 Å². The van der Waals surface area contributed by atoms with Crippen LogP contribution in [-0.2, 0) is 9.59 Å². The van der Waals surface area contributed by atoms with Gasteiger partial charge in [-0.25, -0.2) is 0 Å². The van der Waals surface area contributed by atoms with E-state index in [2.05, 4.69) is 26.6 Å². The van der Waals surface area contributed by atoms with Gasteiger partial charge in [0, 0.05) is 10.2 Å². The van der Waals surface area contributed by atoms with Gasteiger partial charge in [-0.3, -0.25) is 9.59 Å². The molecule has 0 aliphatic carbocycles. The van der Waals surface area contributed by atoms with Crippen molar-refractivity contribution in [1.82, 2.24) is 0 Å². The maximum atomic E-state index is 12.1. The van der Waals surface area contributed by atoms with E-state index in [1.807, 2.05) is 24.3 Å². The van der Waals surface area contributed by atoms with Crippen molar-refractivity contribution in [3.05, 3.63) is 53.0 Å². The van der Waals surface area contributed by atoms with Crippen molar-refractivity contribution in [2.75, 3.05) is 10.6 Å². The number of ether oxygens (including phenoxy) is 1. The molecule has 1 aliphatic rings. The molecule has 1 heterocycles. The highest BCUT2D eigenvalue weighted by molar-refractivity contribution is 9.10. The molecule has 2 aromatic carbocycles. The number of carbonyl (C=O) groups is 2. The predicted molar refractivity (Wildman–Crippen MR) is 86.9 cm³/mol. The Labute approximate surface area is 135 Å². The van der Waals surface area contributed by atoms with Crippen LogP contribution in [0.1, 0.15) is 6.42 Å². The number of carbonyl (C=O) groups excluding carboxylic acids is 2. The number of fused-ring (bicyclic) bond motifs is 1. The van der Waals surface area contributed by atoms with Crippen molar-refractivity contribution in [3.63, 3.8) is 0 Å². The Balaban J connectivity index is 1.66. The Hall–Kier alpha value is -2.34. The van der Waals surface area contributed by atoms with Crippen molar-refractivity contribution >= 4 is 39.1 Å². The number of nitrogens with one attached hydrogen (secondary N) is 2. The first-order valence-corrected chi connectivity index (χ1v) is 7.53. The molecule has 3 rings (SSSR count). The third-order valence-corrected chi connectivity index (χ3v) is 3.68. The van der Waals surface area contributed by atoms with E-state index < -0.39 is 6.10 Å². The molecule has 0 saturated heterocycles. The average Bonchev–Trinajstić information content (AvgIpc) is 2.48. The summed E-state index contributed by atoms with van der Waals surface area (Å²) in [6.07, 6.45) is -0.880. The van der Waals surface area contributed by atoms with Gasteiger partial charge in [0.1, 0.15) is 5.75 Å². The first-order valence-electron chi connectivity index (χ1n) is 6.74. The van der Waals surface area contributed by atoms with E-state index in [4.69, 9.17) is 4.74 Å². The Morgan fingerprint density at radius 1 is 1.23 bits per heavy atom. The van der Waals surface area contributed by atoms with Crippen molar-refractivity contribution in [2.45, 2.75) is 12.5 Å². The monoisotopic (exact) mass is 360 g/mol. The van der Waals surface area contributed by atoms with Crippen molar-refractivity contribution in [1.29, 1.82) is 0 Å². The molecule has 2 N–H and O–H groups in total. The molecule has 0 spiro atoms. The molecule has 2 aromatic rings. The molecular formula is C16H13BrN2O3. The summed E-state index contributed by atoms with van der Waals surface area (Å²) < 4.78 is 6.46. The van der Waals surface area contributed by atoms with Gasteiger partial charge in [-0.1, -0.05) is 34.1 Å². The molecule has 0 fully saturated rings. The molecule has 1 aliphatic heterocycles. The van der Waals surface area contributed by atoms with Crippen LogP contribution in [0.25, 0.3) is 0 Å². The highest BCUT2D eigenvalue weighted by Gasteiger charge is 2.29. The summed E-state index contributed by atoms with van der Waals surface area (Å²) in [7, 11) is 0. The quantitative estimate of drug-likeness (QED) is 0.883. The summed E-state index contributed by atoms with van der Waals surface area (Å²) in [4.78, 5) is 24.0. The van der Waals surface area contributed by atoms with E-state index in [0.717, 1.165) is 4.47 Å². The maximum absolute atomic E-state index is 12.1. The number of hydrogen-bond acceptors (Lipinski definition) is 3. The summed E-state index contributed by atoms with van der Waals surface area (Å²) in [6, 6.07) is 14.4. The number of amides is 2. The lowest BCUT2D eigenvalue weighted by molar-refractivity contribution is -0.128. The Kier molecular flexibility index (Phi) is 4.11. The third kappa shape index (κ3) is 3.28. The van der Waals surface area contributed by atoms with Gasteiger partial charge in [0.2, 0.25) is 5.91 Å². The summed E-state index contributed by atoms with van der Waals surface area (Å²) in [6.45, 7) is 0. The van der Waals surface area contributed by atoms with E-state index in [0.29, 0.717) is 17.1 Å². The van der Waals surface area contributed by atoms with Gasteiger partial charge in [0.05, 0.1) is 12.1 Å². The number of anilines is 2. The summed E-state index contributed by atoms with van der Waals surface area (Å²) in [5.41, 5.74) is 1.28. The zero-order valence-corrected chi connectivity index (χ0v) is 13.1. The van der Waals surface area contributed by atoms with Crippen LogP contribution >= 0.6 is 15.9 Å². The number of para-hydroxylation sites is 2. The minimum atomic E-state index is -0.831. The van der Waals surface area contributed by atoms with Crippen LogP contribution in [0.5, 0.6) is 5.75 Å². The van der Waals surface area contributed by atoms with Crippen LogP contribution in [0, 0.1) is 0 Å². The van der Waals surface area contributed by atoms with Gasteiger partial charge < -0.3 is 15.4 Å². The van der Waals surface area contributed by atoms with Gasteiger partial charge in [-0.05, 0) is 30.3 Å². The molecule has 5 nitrogen and oxygen atoms in total. The molecule has 22 heavy (non-hydrogen) atoms. The Morgan fingerprint density at radius 3 is 2.86 bits per heavy atom. The third-order valence-electron chi connectivity index (χ3n) is 3.19. The van der Waals surface area contributed by atoms with Gasteiger partial charge in [-0.2, -0.15) is 0 Å². The fourth-order valence-electron chi connectivity index (χ4n) is 2.17. The molecule has 0 aromatic heterocycles. The number of benzene rings is 2. The molecule has 1 unspecified atom stereocenters. The fraction of sp³-hybridized carbons (Fsp3) is 0.125. The number of halogens is 1. The normalized spacial score (nSPS) is 16.2. The lowest BCUT2D eigenvalue weighted by Gasteiger charge is -2.25. The van der Waals surface area contributed by atoms with E-state index >= 15 is 0 Å². The molecule has 2 amide bonds. The highest BCUT2D eigenvalue weighted by atomic mass is 79.9. The van der Waals surface area contributed by atoms with E-state index in [9.17, 15) is 9.59 Å². The molecule has 0 bridgehead atoms. The molecule has 0 radical (unpaired) electrons. The van der Waals surface area contributed by atoms with Crippen LogP contribution in [0.3, 0.4) is 0 Å². The Morgan fingerprint density at radius 2 is 2.05 bits per heavy atom. The zero-order chi connectivity index (χ0) is 15.5. The summed E-state index contributed by atoms with van der Waals surface area (Å²) in [5.74, 6) is -0.0249. The van der Waals surface area contributed by atoms with E-state index in [1.165, 1.54) is 0 Å². The standard InChI is InChI=1S/C16H13BrN2O3/c17-10-4-3-5-11(8-10)18-15(20)9-14-16(21)19-12-6-1-2-7-13(12)22-14/h1-8,14H,9H2,(H,18,20)(H,19,21). The van der Waals surface area contributed by atoms with Gasteiger partial charge in [-0.15, -0.1) is 0 Å². The minimum absolute atomic E-state index is 0.0489. The minimum Gasteiger partial charge on any atom is -0.478 e. The largest absolute Gasteiger partial charge is 0.478 e. The van der Waals surface area contributed by atoms with Gasteiger partial charge >= 0.3 is 0 Å². The van der Waals surface area contributed by atoms with Crippen molar-refractivity contribution in [2.24, 2.45) is 0 Å². The van der Waals surface area contributed by atoms with Crippen molar-refractivity contribution < 1.29 is 14.3 Å². The maximum Gasteiger partial charge on any atom is 0.266 e. The second-order valence-corrected chi connectivity index (χ2v) is 5.77. The summed E-state index contributed by atoms with van der Waals surface area (Å²) in [5, 5.41) is 5.48. The second-order valence-electron chi connectivity index (χ2n) is 4.85.